The molecule has 5 heteroatoms. The molecule has 1 unspecified atom stereocenters. The first kappa shape index (κ1) is 14.8. The molecule has 0 radical (unpaired) electrons. The molecule has 0 aliphatic carbocycles. The molecule has 1 aromatic carbocycles. The molecule has 1 atom stereocenters. The third-order valence-corrected chi connectivity index (χ3v) is 3.21. The smallest absolute Gasteiger partial charge is 0.227 e. The van der Waals surface area contributed by atoms with Crippen LogP contribution in [0.1, 0.15) is 12.5 Å². The number of nitrogens with two attached hydrogens (primary N) is 1. The van der Waals surface area contributed by atoms with Crippen LogP contribution in [0.15, 0.2) is 18.2 Å². The van der Waals surface area contributed by atoms with E-state index in [-0.39, 0.29) is 18.4 Å². The molecule has 0 bridgehead atoms. The maximum Gasteiger partial charge on any atom is 0.227 e. The topological polar surface area (TPSA) is 55.6 Å². The zero-order valence-corrected chi connectivity index (χ0v) is 11.7. The molecule has 4 nitrogen and oxygen atoms in total. The third kappa shape index (κ3) is 3.62. The van der Waals surface area contributed by atoms with Gasteiger partial charge in [-0.15, -0.1) is 0 Å². The van der Waals surface area contributed by atoms with E-state index in [9.17, 15) is 4.79 Å². The van der Waals surface area contributed by atoms with Gasteiger partial charge in [0.25, 0.3) is 0 Å². The van der Waals surface area contributed by atoms with E-state index in [2.05, 4.69) is 0 Å². The lowest BCUT2D eigenvalue weighted by atomic mass is 10.1. The second-order valence-corrected chi connectivity index (χ2v) is 4.66. The monoisotopic (exact) mass is 270 g/mol. The molecular weight excluding hydrogens is 252 g/mol. The van der Waals surface area contributed by atoms with Gasteiger partial charge in [0.05, 0.1) is 13.5 Å². The summed E-state index contributed by atoms with van der Waals surface area (Å²) in [6.07, 6.45) is 0.255. The van der Waals surface area contributed by atoms with Crippen LogP contribution < -0.4 is 10.5 Å². The van der Waals surface area contributed by atoms with Gasteiger partial charge in [-0.3, -0.25) is 4.79 Å². The van der Waals surface area contributed by atoms with Gasteiger partial charge < -0.3 is 15.4 Å². The van der Waals surface area contributed by atoms with Crippen LogP contribution in [0, 0.1) is 0 Å². The van der Waals surface area contributed by atoms with Gasteiger partial charge in [0, 0.05) is 30.2 Å². The summed E-state index contributed by atoms with van der Waals surface area (Å²) >= 11 is 5.93. The quantitative estimate of drug-likeness (QED) is 0.886. The number of ether oxygens (including phenoxy) is 1. The Morgan fingerprint density at radius 2 is 2.22 bits per heavy atom. The number of methoxy groups -OCH3 is 1. The fourth-order valence-electron chi connectivity index (χ4n) is 1.58. The summed E-state index contributed by atoms with van der Waals surface area (Å²) in [5.74, 6) is 0.662. The largest absolute Gasteiger partial charge is 0.496 e. The van der Waals surface area contributed by atoms with Gasteiger partial charge in [0.15, 0.2) is 0 Å². The van der Waals surface area contributed by atoms with E-state index in [4.69, 9.17) is 22.1 Å². The molecule has 0 heterocycles. The van der Waals surface area contributed by atoms with Crippen molar-refractivity contribution >= 4 is 17.5 Å². The molecule has 1 amide bonds. The van der Waals surface area contributed by atoms with Crippen LogP contribution in [0.25, 0.3) is 0 Å². The van der Waals surface area contributed by atoms with Crippen molar-refractivity contribution in [3.8, 4) is 5.75 Å². The van der Waals surface area contributed by atoms with Crippen LogP contribution in [0.2, 0.25) is 5.02 Å². The van der Waals surface area contributed by atoms with Crippen molar-refractivity contribution in [1.82, 2.24) is 4.90 Å². The highest BCUT2D eigenvalue weighted by Crippen LogP contribution is 2.23. The zero-order valence-electron chi connectivity index (χ0n) is 10.9. The second-order valence-electron chi connectivity index (χ2n) is 4.22. The average molecular weight is 271 g/mol. The Hall–Kier alpha value is -1.26. The molecule has 0 aromatic heterocycles. The van der Waals surface area contributed by atoms with Gasteiger partial charge in [0.2, 0.25) is 5.91 Å². The molecule has 0 saturated carbocycles. The molecule has 0 fully saturated rings. The summed E-state index contributed by atoms with van der Waals surface area (Å²) in [6, 6.07) is 5.26. The highest BCUT2D eigenvalue weighted by Gasteiger charge is 2.16. The summed E-state index contributed by atoms with van der Waals surface area (Å²) in [5, 5.41) is 0.591. The first-order valence-corrected chi connectivity index (χ1v) is 6.15. The first-order valence-electron chi connectivity index (χ1n) is 5.77. The van der Waals surface area contributed by atoms with E-state index in [0.717, 1.165) is 5.56 Å². The standard InChI is InChI=1S/C13H19ClN2O2/c1-9(8-15)16(2)13(17)7-10-6-11(14)4-5-12(10)18-3/h4-6,9H,7-8,15H2,1-3H3. The second kappa shape index (κ2) is 6.61. The number of carbonyl (C=O) groups excluding carboxylic acids is 1. The first-order chi connectivity index (χ1) is 8.49. The van der Waals surface area contributed by atoms with Crippen molar-refractivity contribution < 1.29 is 9.53 Å². The lowest BCUT2D eigenvalue weighted by Crippen LogP contribution is -2.40. The molecule has 0 saturated heterocycles. The molecule has 100 valence electrons. The van der Waals surface area contributed by atoms with E-state index in [1.54, 1.807) is 37.3 Å². The highest BCUT2D eigenvalue weighted by molar-refractivity contribution is 6.30. The summed E-state index contributed by atoms with van der Waals surface area (Å²) in [5.41, 5.74) is 6.33. The van der Waals surface area contributed by atoms with Gasteiger partial charge in [-0.05, 0) is 25.1 Å². The number of carbonyl (C=O) groups is 1. The van der Waals surface area contributed by atoms with Crippen LogP contribution >= 0.6 is 11.6 Å². The van der Waals surface area contributed by atoms with Crippen molar-refractivity contribution in [2.45, 2.75) is 19.4 Å². The van der Waals surface area contributed by atoms with Crippen molar-refractivity contribution in [1.29, 1.82) is 0 Å². The Labute approximate surface area is 113 Å². The van der Waals surface area contributed by atoms with Crippen LogP contribution in [0.5, 0.6) is 5.75 Å². The lowest BCUT2D eigenvalue weighted by Gasteiger charge is -2.24. The molecular formula is C13H19ClN2O2. The van der Waals surface area contributed by atoms with Crippen molar-refractivity contribution in [3.63, 3.8) is 0 Å². The van der Waals surface area contributed by atoms with Gasteiger partial charge in [-0.25, -0.2) is 0 Å². The number of amides is 1. The van der Waals surface area contributed by atoms with Gasteiger partial charge >= 0.3 is 0 Å². The lowest BCUT2D eigenvalue weighted by molar-refractivity contribution is -0.130. The van der Waals surface area contributed by atoms with E-state index in [1.807, 2.05) is 6.92 Å². The van der Waals surface area contributed by atoms with Gasteiger partial charge in [0.1, 0.15) is 5.75 Å². The molecule has 1 aromatic rings. The number of benzene rings is 1. The van der Waals surface area contributed by atoms with Crippen molar-refractivity contribution in [3.05, 3.63) is 28.8 Å². The summed E-state index contributed by atoms with van der Waals surface area (Å²) in [7, 11) is 3.32. The fraction of sp³-hybridized carbons (Fsp3) is 0.462. The minimum Gasteiger partial charge on any atom is -0.496 e. The Morgan fingerprint density at radius 1 is 1.56 bits per heavy atom. The molecule has 1 rings (SSSR count). The predicted molar refractivity (Wildman–Crippen MR) is 73.0 cm³/mol. The number of rotatable bonds is 5. The van der Waals surface area contributed by atoms with Crippen LogP contribution in [-0.2, 0) is 11.2 Å². The minimum absolute atomic E-state index is 0.00600. The Bertz CT molecular complexity index is 423. The number of hydrogen-bond donors (Lipinski definition) is 1. The van der Waals surface area contributed by atoms with Crippen molar-refractivity contribution in [2.24, 2.45) is 5.73 Å². The number of nitrogens with zero attached hydrogens (tertiary/aromatic N) is 1. The average Bonchev–Trinajstić information content (AvgIpc) is 2.37. The fourth-order valence-corrected chi connectivity index (χ4v) is 1.77. The van der Waals surface area contributed by atoms with Crippen LogP contribution in [0.3, 0.4) is 0 Å². The van der Waals surface area contributed by atoms with E-state index < -0.39 is 0 Å². The van der Waals surface area contributed by atoms with Crippen molar-refractivity contribution in [2.75, 3.05) is 20.7 Å². The predicted octanol–water partition coefficient (Wildman–Crippen LogP) is 1.70. The SMILES string of the molecule is COc1ccc(Cl)cc1CC(=O)N(C)C(C)CN. The number of hydrogen-bond acceptors (Lipinski definition) is 3. The van der Waals surface area contributed by atoms with Crippen LogP contribution in [0.4, 0.5) is 0 Å². The maximum atomic E-state index is 12.1. The molecule has 18 heavy (non-hydrogen) atoms. The molecule has 0 aliphatic rings. The van der Waals surface area contributed by atoms with E-state index in [1.165, 1.54) is 0 Å². The Morgan fingerprint density at radius 3 is 2.78 bits per heavy atom. The third-order valence-electron chi connectivity index (χ3n) is 2.98. The van der Waals surface area contributed by atoms with Gasteiger partial charge in [-0.1, -0.05) is 11.6 Å². The maximum absolute atomic E-state index is 12.1. The van der Waals surface area contributed by atoms with Crippen LogP contribution in [-0.4, -0.2) is 37.6 Å². The van der Waals surface area contributed by atoms with Gasteiger partial charge in [-0.2, -0.15) is 0 Å². The summed E-state index contributed by atoms with van der Waals surface area (Å²) in [6.45, 7) is 2.35. The Balaban J connectivity index is 2.84. The minimum atomic E-state index is -0.00600. The highest BCUT2D eigenvalue weighted by atomic mass is 35.5. The molecule has 0 spiro atoms. The number of likely N-dealkylation sites (N-methyl/N-ethyl adjacent to an activating group) is 1. The normalized spacial score (nSPS) is 12.1. The summed E-state index contributed by atoms with van der Waals surface area (Å²) < 4.78 is 5.21. The van der Waals surface area contributed by atoms with E-state index in [0.29, 0.717) is 17.3 Å². The summed E-state index contributed by atoms with van der Waals surface area (Å²) in [4.78, 5) is 13.7. The van der Waals surface area contributed by atoms with E-state index >= 15 is 0 Å². The molecule has 0 aliphatic heterocycles. The zero-order chi connectivity index (χ0) is 13.7. The Kier molecular flexibility index (Phi) is 5.44. The number of halogens is 1. The molecule has 2 N–H and O–H groups in total.